The van der Waals surface area contributed by atoms with Crippen molar-refractivity contribution >= 4 is 21.6 Å². The van der Waals surface area contributed by atoms with Gasteiger partial charge in [0.05, 0.1) is 15.5 Å². The summed E-state index contributed by atoms with van der Waals surface area (Å²) in [6.45, 7) is 1.61. The minimum atomic E-state index is -0.753. The number of halogens is 2. The lowest BCUT2D eigenvalue weighted by Crippen LogP contribution is -1.96. The molecule has 0 amide bonds. The van der Waals surface area contributed by atoms with Gasteiger partial charge < -0.3 is 9.84 Å². The summed E-state index contributed by atoms with van der Waals surface area (Å²) in [6.07, 6.45) is 0. The van der Waals surface area contributed by atoms with E-state index in [4.69, 9.17) is 4.74 Å². The van der Waals surface area contributed by atoms with Gasteiger partial charge in [0.2, 0.25) is 5.75 Å². The van der Waals surface area contributed by atoms with E-state index in [1.807, 2.05) is 0 Å². The molecular formula is C13H9BrFNO4. The minimum Gasteiger partial charge on any atom is -0.508 e. The summed E-state index contributed by atoms with van der Waals surface area (Å²) in [5, 5.41) is 20.5. The summed E-state index contributed by atoms with van der Waals surface area (Å²) in [5.74, 6) is -0.605. The van der Waals surface area contributed by atoms with Gasteiger partial charge in [0.25, 0.3) is 0 Å². The van der Waals surface area contributed by atoms with Crippen molar-refractivity contribution in [1.29, 1.82) is 0 Å². The minimum absolute atomic E-state index is 0.00586. The SMILES string of the molecule is Cc1c(O)cccc1Oc1cc(Br)c(F)cc1[N+](=O)[O-]. The second kappa shape index (κ2) is 5.46. The van der Waals surface area contributed by atoms with Gasteiger partial charge in [-0.05, 0) is 35.0 Å². The lowest BCUT2D eigenvalue weighted by molar-refractivity contribution is -0.385. The van der Waals surface area contributed by atoms with E-state index >= 15 is 0 Å². The van der Waals surface area contributed by atoms with Gasteiger partial charge in [-0.25, -0.2) is 4.39 Å². The number of rotatable bonds is 3. The van der Waals surface area contributed by atoms with E-state index < -0.39 is 16.4 Å². The number of ether oxygens (including phenoxy) is 1. The van der Waals surface area contributed by atoms with Crippen LogP contribution in [0, 0.1) is 22.9 Å². The van der Waals surface area contributed by atoms with Crippen molar-refractivity contribution in [1.82, 2.24) is 0 Å². The van der Waals surface area contributed by atoms with E-state index in [0.717, 1.165) is 6.07 Å². The molecule has 0 atom stereocenters. The Morgan fingerprint density at radius 2 is 2.05 bits per heavy atom. The molecule has 0 heterocycles. The average Bonchev–Trinajstić information content (AvgIpc) is 2.38. The Morgan fingerprint density at radius 1 is 1.35 bits per heavy atom. The van der Waals surface area contributed by atoms with Crippen molar-refractivity contribution in [2.45, 2.75) is 6.92 Å². The van der Waals surface area contributed by atoms with Crippen molar-refractivity contribution in [2.24, 2.45) is 0 Å². The van der Waals surface area contributed by atoms with Crippen molar-refractivity contribution in [2.75, 3.05) is 0 Å². The number of nitro groups is 1. The number of phenolic OH excluding ortho intramolecular Hbond substituents is 1. The topological polar surface area (TPSA) is 72.6 Å². The van der Waals surface area contributed by atoms with Gasteiger partial charge >= 0.3 is 5.69 Å². The van der Waals surface area contributed by atoms with Crippen molar-refractivity contribution in [3.05, 3.63) is 56.3 Å². The van der Waals surface area contributed by atoms with Crippen LogP contribution >= 0.6 is 15.9 Å². The first kappa shape index (κ1) is 14.3. The summed E-state index contributed by atoms with van der Waals surface area (Å²) in [7, 11) is 0. The molecule has 2 aromatic carbocycles. The highest BCUT2D eigenvalue weighted by Crippen LogP contribution is 2.37. The standard InChI is InChI=1S/C13H9BrFNO4/c1-7-11(17)3-2-4-12(7)20-13-5-8(14)9(15)6-10(13)16(18)19/h2-6,17H,1H3. The van der Waals surface area contributed by atoms with Gasteiger partial charge in [0.1, 0.15) is 17.3 Å². The molecule has 0 radical (unpaired) electrons. The molecule has 0 aromatic heterocycles. The van der Waals surface area contributed by atoms with E-state index in [1.165, 1.54) is 12.1 Å². The largest absolute Gasteiger partial charge is 0.508 e. The highest BCUT2D eigenvalue weighted by atomic mass is 79.9. The molecule has 7 heteroatoms. The van der Waals surface area contributed by atoms with Gasteiger partial charge in [-0.15, -0.1) is 0 Å². The average molecular weight is 342 g/mol. The molecule has 20 heavy (non-hydrogen) atoms. The van der Waals surface area contributed by atoms with Crippen LogP contribution in [0.25, 0.3) is 0 Å². The van der Waals surface area contributed by atoms with Crippen LogP contribution < -0.4 is 4.74 Å². The van der Waals surface area contributed by atoms with E-state index in [0.29, 0.717) is 5.56 Å². The van der Waals surface area contributed by atoms with Crippen LogP contribution in [0.5, 0.6) is 17.2 Å². The Kier molecular flexibility index (Phi) is 3.89. The molecule has 0 aliphatic rings. The zero-order valence-electron chi connectivity index (χ0n) is 10.3. The Bertz CT molecular complexity index is 690. The zero-order valence-corrected chi connectivity index (χ0v) is 11.8. The van der Waals surface area contributed by atoms with Crippen LogP contribution in [0.3, 0.4) is 0 Å². The van der Waals surface area contributed by atoms with Crippen LogP contribution in [0.1, 0.15) is 5.56 Å². The van der Waals surface area contributed by atoms with Crippen LogP contribution in [-0.4, -0.2) is 10.0 Å². The fourth-order valence-corrected chi connectivity index (χ4v) is 1.90. The Hall–Kier alpha value is -2.15. The molecular weight excluding hydrogens is 333 g/mol. The number of aromatic hydroxyl groups is 1. The molecule has 0 aliphatic heterocycles. The summed E-state index contributed by atoms with van der Waals surface area (Å²) in [4.78, 5) is 10.2. The molecule has 2 rings (SSSR count). The number of hydrogen-bond acceptors (Lipinski definition) is 4. The monoisotopic (exact) mass is 341 g/mol. The Balaban J connectivity index is 2.50. The van der Waals surface area contributed by atoms with Gasteiger partial charge in [-0.1, -0.05) is 6.07 Å². The van der Waals surface area contributed by atoms with Crippen molar-refractivity contribution in [3.63, 3.8) is 0 Å². The van der Waals surface area contributed by atoms with Crippen LogP contribution in [0.2, 0.25) is 0 Å². The second-order valence-corrected chi connectivity index (χ2v) is 4.85. The molecule has 104 valence electrons. The maximum absolute atomic E-state index is 13.4. The zero-order chi connectivity index (χ0) is 14.9. The quantitative estimate of drug-likeness (QED) is 0.667. The van der Waals surface area contributed by atoms with Gasteiger partial charge in [-0.2, -0.15) is 0 Å². The molecule has 0 saturated carbocycles. The third-order valence-corrected chi connectivity index (χ3v) is 3.28. The molecule has 1 N–H and O–H groups in total. The van der Waals surface area contributed by atoms with Crippen LogP contribution in [0.4, 0.5) is 10.1 Å². The summed E-state index contributed by atoms with van der Waals surface area (Å²) in [5.41, 5.74) is -0.0595. The van der Waals surface area contributed by atoms with Crippen LogP contribution in [0.15, 0.2) is 34.8 Å². The number of nitro benzene ring substituents is 1. The maximum Gasteiger partial charge on any atom is 0.314 e. The Labute approximate surface area is 121 Å². The highest BCUT2D eigenvalue weighted by Gasteiger charge is 2.20. The maximum atomic E-state index is 13.4. The van der Waals surface area contributed by atoms with E-state index in [9.17, 15) is 19.6 Å². The number of phenols is 1. The summed E-state index contributed by atoms with van der Waals surface area (Å²) < 4.78 is 18.8. The molecule has 0 aliphatic carbocycles. The summed E-state index contributed by atoms with van der Waals surface area (Å²) >= 11 is 2.95. The second-order valence-electron chi connectivity index (χ2n) is 3.99. The van der Waals surface area contributed by atoms with E-state index in [-0.39, 0.29) is 21.7 Å². The van der Waals surface area contributed by atoms with Crippen molar-refractivity contribution in [3.8, 4) is 17.2 Å². The molecule has 0 spiro atoms. The lowest BCUT2D eigenvalue weighted by Gasteiger charge is -2.10. The predicted molar refractivity (Wildman–Crippen MR) is 73.7 cm³/mol. The van der Waals surface area contributed by atoms with Gasteiger partial charge in [0, 0.05) is 11.6 Å². The smallest absolute Gasteiger partial charge is 0.314 e. The fourth-order valence-electron chi connectivity index (χ4n) is 1.57. The molecule has 5 nitrogen and oxygen atoms in total. The molecule has 0 fully saturated rings. The number of benzene rings is 2. The molecule has 0 bridgehead atoms. The number of nitrogens with zero attached hydrogens (tertiary/aromatic N) is 1. The third-order valence-electron chi connectivity index (χ3n) is 2.67. The van der Waals surface area contributed by atoms with Gasteiger partial charge in [-0.3, -0.25) is 10.1 Å². The third kappa shape index (κ3) is 2.72. The first-order valence-electron chi connectivity index (χ1n) is 5.50. The fraction of sp³-hybridized carbons (Fsp3) is 0.0769. The van der Waals surface area contributed by atoms with Crippen LogP contribution in [-0.2, 0) is 0 Å². The normalized spacial score (nSPS) is 10.3. The first-order valence-corrected chi connectivity index (χ1v) is 6.29. The van der Waals surface area contributed by atoms with Crippen molar-refractivity contribution < 1.29 is 19.2 Å². The first-order chi connectivity index (χ1) is 9.40. The summed E-state index contributed by atoms with van der Waals surface area (Å²) in [6, 6.07) is 6.52. The predicted octanol–water partition coefficient (Wildman–Crippen LogP) is 4.30. The Morgan fingerprint density at radius 3 is 2.70 bits per heavy atom. The van der Waals surface area contributed by atoms with E-state index in [2.05, 4.69) is 15.9 Å². The highest BCUT2D eigenvalue weighted by molar-refractivity contribution is 9.10. The van der Waals surface area contributed by atoms with E-state index in [1.54, 1.807) is 19.1 Å². The molecule has 2 aromatic rings. The molecule has 0 saturated heterocycles. The number of hydrogen-bond donors (Lipinski definition) is 1. The van der Waals surface area contributed by atoms with Gasteiger partial charge in [0.15, 0.2) is 0 Å². The lowest BCUT2D eigenvalue weighted by atomic mass is 10.2. The molecule has 0 unspecified atom stereocenters.